The van der Waals surface area contributed by atoms with Crippen LogP contribution in [0.4, 0.5) is 8.78 Å². The van der Waals surface area contributed by atoms with E-state index in [4.69, 9.17) is 0 Å². The highest BCUT2D eigenvalue weighted by Crippen LogP contribution is 2.22. The minimum atomic E-state index is -2.81. The Morgan fingerprint density at radius 2 is 1.76 bits per heavy atom. The van der Waals surface area contributed by atoms with Crippen molar-refractivity contribution in [1.82, 2.24) is 5.32 Å². The summed E-state index contributed by atoms with van der Waals surface area (Å²) < 4.78 is 30.3. The van der Waals surface area contributed by atoms with E-state index in [2.05, 4.69) is 26.0 Å². The molecule has 112 valence electrons. The number of hydrogen-bond acceptors (Lipinski definition) is 2. The number of rotatable bonds is 6. The molecule has 2 rings (SSSR count). The molecule has 0 aliphatic heterocycles. The van der Waals surface area contributed by atoms with Crippen LogP contribution >= 0.6 is 15.9 Å². The number of hydrogen-bond donors (Lipinski definition) is 1. The molecular formula is C16H16BrF2NO. The molecule has 2 aromatic carbocycles. The van der Waals surface area contributed by atoms with Crippen molar-refractivity contribution in [3.63, 3.8) is 0 Å². The normalized spacial score (nSPS) is 12.4. The van der Waals surface area contributed by atoms with E-state index >= 15 is 0 Å². The molecule has 0 unspecified atom stereocenters. The minimum Gasteiger partial charge on any atom is -0.434 e. The Balaban J connectivity index is 2.01. The van der Waals surface area contributed by atoms with Gasteiger partial charge in [-0.2, -0.15) is 8.78 Å². The smallest absolute Gasteiger partial charge is 0.387 e. The second-order valence-electron chi connectivity index (χ2n) is 4.64. The third-order valence-electron chi connectivity index (χ3n) is 3.16. The quantitative estimate of drug-likeness (QED) is 0.795. The first-order valence-corrected chi connectivity index (χ1v) is 7.37. The van der Waals surface area contributed by atoms with Crippen LogP contribution in [0.2, 0.25) is 0 Å². The third-order valence-corrected chi connectivity index (χ3v) is 3.69. The molecule has 0 aliphatic carbocycles. The largest absolute Gasteiger partial charge is 0.434 e. The first-order chi connectivity index (χ1) is 10.1. The van der Waals surface area contributed by atoms with Gasteiger partial charge < -0.3 is 10.1 Å². The Morgan fingerprint density at radius 3 is 2.43 bits per heavy atom. The standard InChI is InChI=1S/C16H16BrF2NO/c1-11(12-6-8-14(17)9-7-12)20-10-13-4-2-3-5-15(13)21-16(18)19/h2-9,11,16,20H,10H2,1H3/t11-/m1/s1. The summed E-state index contributed by atoms with van der Waals surface area (Å²) in [5.74, 6) is 0.211. The molecule has 0 bridgehead atoms. The molecule has 1 N–H and O–H groups in total. The lowest BCUT2D eigenvalue weighted by Crippen LogP contribution is -2.19. The molecule has 21 heavy (non-hydrogen) atoms. The Morgan fingerprint density at radius 1 is 1.10 bits per heavy atom. The lowest BCUT2D eigenvalue weighted by Gasteiger charge is -2.16. The summed E-state index contributed by atoms with van der Waals surface area (Å²) in [4.78, 5) is 0. The van der Waals surface area contributed by atoms with E-state index in [1.807, 2.05) is 31.2 Å². The predicted molar refractivity (Wildman–Crippen MR) is 82.5 cm³/mol. The van der Waals surface area contributed by atoms with Crippen LogP contribution in [0.15, 0.2) is 53.0 Å². The zero-order chi connectivity index (χ0) is 15.2. The van der Waals surface area contributed by atoms with E-state index in [0.29, 0.717) is 12.1 Å². The van der Waals surface area contributed by atoms with E-state index in [9.17, 15) is 8.78 Å². The number of para-hydroxylation sites is 1. The van der Waals surface area contributed by atoms with Crippen LogP contribution in [-0.4, -0.2) is 6.61 Å². The van der Waals surface area contributed by atoms with Gasteiger partial charge in [0.25, 0.3) is 0 Å². The van der Waals surface area contributed by atoms with Gasteiger partial charge in [-0.3, -0.25) is 0 Å². The zero-order valence-electron chi connectivity index (χ0n) is 11.5. The number of ether oxygens (including phenoxy) is 1. The van der Waals surface area contributed by atoms with Crippen LogP contribution in [-0.2, 0) is 6.54 Å². The van der Waals surface area contributed by atoms with Gasteiger partial charge in [0.1, 0.15) is 5.75 Å². The Hall–Kier alpha value is -1.46. The van der Waals surface area contributed by atoms with E-state index in [1.165, 1.54) is 0 Å². The van der Waals surface area contributed by atoms with Crippen LogP contribution in [0.1, 0.15) is 24.1 Å². The molecule has 2 nitrogen and oxygen atoms in total. The molecule has 0 aromatic heterocycles. The fraction of sp³-hybridized carbons (Fsp3) is 0.250. The Labute approximate surface area is 131 Å². The Bertz CT molecular complexity index is 575. The monoisotopic (exact) mass is 355 g/mol. The van der Waals surface area contributed by atoms with E-state index in [-0.39, 0.29) is 11.8 Å². The zero-order valence-corrected chi connectivity index (χ0v) is 13.1. The van der Waals surface area contributed by atoms with Crippen LogP contribution < -0.4 is 10.1 Å². The van der Waals surface area contributed by atoms with Gasteiger partial charge >= 0.3 is 6.61 Å². The minimum absolute atomic E-state index is 0.109. The molecule has 2 aromatic rings. The van der Waals surface area contributed by atoms with Gasteiger partial charge in [0, 0.05) is 22.6 Å². The summed E-state index contributed by atoms with van der Waals surface area (Å²) in [5, 5.41) is 3.31. The number of alkyl halides is 2. The maximum absolute atomic E-state index is 12.4. The first kappa shape index (κ1) is 15.9. The van der Waals surface area contributed by atoms with Gasteiger partial charge in [0.05, 0.1) is 0 Å². The van der Waals surface area contributed by atoms with Gasteiger partial charge in [-0.25, -0.2) is 0 Å². The van der Waals surface area contributed by atoms with Crippen molar-refractivity contribution in [2.75, 3.05) is 0 Å². The average Bonchev–Trinajstić information content (AvgIpc) is 2.46. The maximum Gasteiger partial charge on any atom is 0.387 e. The number of nitrogens with one attached hydrogen (secondary N) is 1. The van der Waals surface area contributed by atoms with Gasteiger partial charge in [-0.15, -0.1) is 0 Å². The lowest BCUT2D eigenvalue weighted by atomic mass is 10.1. The van der Waals surface area contributed by atoms with Gasteiger partial charge in [-0.1, -0.05) is 46.3 Å². The fourth-order valence-electron chi connectivity index (χ4n) is 1.99. The summed E-state index contributed by atoms with van der Waals surface area (Å²) in [5.41, 5.74) is 1.84. The SMILES string of the molecule is C[C@@H](NCc1ccccc1OC(F)F)c1ccc(Br)cc1. The number of halogens is 3. The summed E-state index contributed by atoms with van der Waals surface area (Å²) in [6.07, 6.45) is 0. The second-order valence-corrected chi connectivity index (χ2v) is 5.56. The molecule has 0 fully saturated rings. The number of benzene rings is 2. The van der Waals surface area contributed by atoms with Crippen LogP contribution in [0.3, 0.4) is 0 Å². The highest BCUT2D eigenvalue weighted by Gasteiger charge is 2.10. The molecule has 0 aliphatic rings. The van der Waals surface area contributed by atoms with Crippen LogP contribution in [0.25, 0.3) is 0 Å². The first-order valence-electron chi connectivity index (χ1n) is 6.58. The van der Waals surface area contributed by atoms with E-state index in [1.54, 1.807) is 24.3 Å². The third kappa shape index (κ3) is 4.79. The average molecular weight is 356 g/mol. The van der Waals surface area contributed by atoms with Gasteiger partial charge in [-0.05, 0) is 30.7 Å². The second kappa shape index (κ2) is 7.52. The van der Waals surface area contributed by atoms with Crippen molar-refractivity contribution in [3.05, 3.63) is 64.1 Å². The summed E-state index contributed by atoms with van der Waals surface area (Å²) in [6, 6.07) is 14.9. The molecule has 0 radical (unpaired) electrons. The Kier molecular flexibility index (Phi) is 5.70. The van der Waals surface area contributed by atoms with Crippen molar-refractivity contribution >= 4 is 15.9 Å². The summed E-state index contributed by atoms with van der Waals surface area (Å²) >= 11 is 3.39. The molecule has 0 amide bonds. The summed E-state index contributed by atoms with van der Waals surface area (Å²) in [7, 11) is 0. The highest BCUT2D eigenvalue weighted by molar-refractivity contribution is 9.10. The van der Waals surface area contributed by atoms with Gasteiger partial charge in [0.15, 0.2) is 0 Å². The molecule has 0 saturated heterocycles. The molecular weight excluding hydrogens is 340 g/mol. The van der Waals surface area contributed by atoms with Crippen molar-refractivity contribution in [3.8, 4) is 5.75 Å². The predicted octanol–water partition coefficient (Wildman–Crippen LogP) is 4.90. The van der Waals surface area contributed by atoms with Gasteiger partial charge in [0.2, 0.25) is 0 Å². The van der Waals surface area contributed by atoms with Crippen molar-refractivity contribution < 1.29 is 13.5 Å². The van der Waals surface area contributed by atoms with Crippen molar-refractivity contribution in [1.29, 1.82) is 0 Å². The van der Waals surface area contributed by atoms with E-state index < -0.39 is 6.61 Å². The molecule has 5 heteroatoms. The fourth-order valence-corrected chi connectivity index (χ4v) is 2.26. The topological polar surface area (TPSA) is 21.3 Å². The maximum atomic E-state index is 12.4. The molecule has 1 atom stereocenters. The lowest BCUT2D eigenvalue weighted by molar-refractivity contribution is -0.0505. The molecule has 0 heterocycles. The molecule has 0 spiro atoms. The highest BCUT2D eigenvalue weighted by atomic mass is 79.9. The van der Waals surface area contributed by atoms with Crippen molar-refractivity contribution in [2.45, 2.75) is 26.1 Å². The van der Waals surface area contributed by atoms with Crippen molar-refractivity contribution in [2.24, 2.45) is 0 Å². The summed E-state index contributed by atoms with van der Waals surface area (Å²) in [6.45, 7) is -0.324. The molecule has 0 saturated carbocycles. The van der Waals surface area contributed by atoms with Crippen LogP contribution in [0, 0.1) is 0 Å². The van der Waals surface area contributed by atoms with Crippen LogP contribution in [0.5, 0.6) is 5.75 Å². The van der Waals surface area contributed by atoms with E-state index in [0.717, 1.165) is 10.0 Å².